The van der Waals surface area contributed by atoms with Crippen LogP contribution in [0.25, 0.3) is 0 Å². The molecule has 0 saturated carbocycles. The van der Waals surface area contributed by atoms with E-state index in [1.807, 2.05) is 18.3 Å². The molecular formula is C23H27N5O2S. The zero-order valence-corrected chi connectivity index (χ0v) is 18.2. The standard InChI is InChI=1S/C23H27N5O2S/c24-22(29)18-6-9-21(26-14-18)30-19-7-4-17(5-8-19)10-11-25-15-20-16-27-23(31-20)28-12-2-1-3-13-28/h4-9,14,16,25H,1-3,10-13,15H2,(H2,24,29). The number of hydrogen-bond acceptors (Lipinski definition) is 7. The van der Waals surface area contributed by atoms with E-state index in [0.717, 1.165) is 37.7 Å². The number of nitrogens with two attached hydrogens (primary N) is 1. The van der Waals surface area contributed by atoms with Crippen LogP contribution in [0.3, 0.4) is 0 Å². The number of benzene rings is 1. The highest BCUT2D eigenvalue weighted by atomic mass is 32.1. The number of amides is 1. The Morgan fingerprint density at radius 2 is 1.87 bits per heavy atom. The monoisotopic (exact) mass is 437 g/mol. The lowest BCUT2D eigenvalue weighted by Crippen LogP contribution is -2.29. The average molecular weight is 438 g/mol. The molecule has 4 rings (SSSR count). The van der Waals surface area contributed by atoms with Gasteiger partial charge in [0.25, 0.3) is 0 Å². The largest absolute Gasteiger partial charge is 0.439 e. The van der Waals surface area contributed by atoms with E-state index in [4.69, 9.17) is 10.5 Å². The first-order valence-electron chi connectivity index (χ1n) is 10.6. The molecule has 1 saturated heterocycles. The van der Waals surface area contributed by atoms with Crippen LogP contribution in [0.2, 0.25) is 0 Å². The Morgan fingerprint density at radius 1 is 1.06 bits per heavy atom. The van der Waals surface area contributed by atoms with Crippen molar-refractivity contribution < 1.29 is 9.53 Å². The summed E-state index contributed by atoms with van der Waals surface area (Å²) in [5, 5.41) is 4.67. The number of nitrogens with zero attached hydrogens (tertiary/aromatic N) is 3. The van der Waals surface area contributed by atoms with Crippen LogP contribution in [0, 0.1) is 0 Å². The maximum Gasteiger partial charge on any atom is 0.250 e. The first kappa shape index (κ1) is 21.3. The van der Waals surface area contributed by atoms with Crippen molar-refractivity contribution in [3.63, 3.8) is 0 Å². The molecule has 0 aliphatic carbocycles. The van der Waals surface area contributed by atoms with Gasteiger partial charge in [0.15, 0.2) is 5.13 Å². The van der Waals surface area contributed by atoms with Gasteiger partial charge in [0.05, 0.1) is 5.56 Å². The summed E-state index contributed by atoms with van der Waals surface area (Å²) in [4.78, 5) is 23.5. The van der Waals surface area contributed by atoms with Gasteiger partial charge in [0.1, 0.15) is 5.75 Å². The lowest BCUT2D eigenvalue weighted by Gasteiger charge is -2.25. The Balaban J connectivity index is 1.20. The molecule has 31 heavy (non-hydrogen) atoms. The van der Waals surface area contributed by atoms with Gasteiger partial charge in [-0.3, -0.25) is 4.79 Å². The highest BCUT2D eigenvalue weighted by Gasteiger charge is 2.14. The molecule has 3 heterocycles. The number of anilines is 1. The number of aromatic nitrogens is 2. The van der Waals surface area contributed by atoms with Crippen LogP contribution in [0.1, 0.15) is 40.1 Å². The van der Waals surface area contributed by atoms with E-state index in [1.165, 1.54) is 35.9 Å². The molecule has 0 spiro atoms. The molecular weight excluding hydrogens is 410 g/mol. The summed E-state index contributed by atoms with van der Waals surface area (Å²) < 4.78 is 5.72. The topological polar surface area (TPSA) is 93.4 Å². The number of carbonyl (C=O) groups is 1. The molecule has 2 aromatic heterocycles. The number of thiazole rings is 1. The predicted molar refractivity (Wildman–Crippen MR) is 123 cm³/mol. The van der Waals surface area contributed by atoms with Gasteiger partial charge in [-0.15, -0.1) is 11.3 Å². The van der Waals surface area contributed by atoms with Crippen LogP contribution in [-0.2, 0) is 13.0 Å². The van der Waals surface area contributed by atoms with Crippen molar-refractivity contribution in [3.8, 4) is 11.6 Å². The van der Waals surface area contributed by atoms with E-state index in [1.54, 1.807) is 23.5 Å². The van der Waals surface area contributed by atoms with E-state index in [2.05, 4.69) is 32.3 Å². The van der Waals surface area contributed by atoms with E-state index < -0.39 is 5.91 Å². The Morgan fingerprint density at radius 3 is 2.58 bits per heavy atom. The first-order valence-corrected chi connectivity index (χ1v) is 11.4. The fourth-order valence-electron chi connectivity index (χ4n) is 3.49. The van der Waals surface area contributed by atoms with E-state index in [9.17, 15) is 4.79 Å². The van der Waals surface area contributed by atoms with Gasteiger partial charge < -0.3 is 20.7 Å². The van der Waals surface area contributed by atoms with Gasteiger partial charge in [-0.1, -0.05) is 12.1 Å². The van der Waals surface area contributed by atoms with Gasteiger partial charge >= 0.3 is 0 Å². The molecule has 1 amide bonds. The van der Waals surface area contributed by atoms with Crippen molar-refractivity contribution in [2.75, 3.05) is 24.5 Å². The van der Waals surface area contributed by atoms with Crippen molar-refractivity contribution in [2.45, 2.75) is 32.2 Å². The van der Waals surface area contributed by atoms with Crippen molar-refractivity contribution in [1.82, 2.24) is 15.3 Å². The third kappa shape index (κ3) is 6.02. The molecule has 1 aliphatic heterocycles. The minimum absolute atomic E-state index is 0.358. The van der Waals surface area contributed by atoms with Crippen molar-refractivity contribution in [1.29, 1.82) is 0 Å². The lowest BCUT2D eigenvalue weighted by molar-refractivity contribution is 0.1000. The highest BCUT2D eigenvalue weighted by molar-refractivity contribution is 7.15. The maximum atomic E-state index is 11.1. The van der Waals surface area contributed by atoms with Crippen LogP contribution in [0.15, 0.2) is 48.8 Å². The van der Waals surface area contributed by atoms with Crippen molar-refractivity contribution in [2.24, 2.45) is 5.73 Å². The number of ether oxygens (including phenoxy) is 1. The Hall–Kier alpha value is -2.97. The molecule has 7 nitrogen and oxygen atoms in total. The lowest BCUT2D eigenvalue weighted by atomic mass is 10.1. The summed E-state index contributed by atoms with van der Waals surface area (Å²) in [7, 11) is 0. The summed E-state index contributed by atoms with van der Waals surface area (Å²) in [5.74, 6) is 0.619. The predicted octanol–water partition coefficient (Wildman–Crippen LogP) is 3.75. The second-order valence-electron chi connectivity index (χ2n) is 7.58. The Labute approximate surface area is 186 Å². The highest BCUT2D eigenvalue weighted by Crippen LogP contribution is 2.25. The fraction of sp³-hybridized carbons (Fsp3) is 0.348. The van der Waals surface area contributed by atoms with E-state index in [-0.39, 0.29) is 0 Å². The number of pyridine rings is 1. The molecule has 0 bridgehead atoms. The van der Waals surface area contributed by atoms with Gasteiger partial charge in [0.2, 0.25) is 11.8 Å². The summed E-state index contributed by atoms with van der Waals surface area (Å²) in [6.07, 6.45) is 8.23. The van der Waals surface area contributed by atoms with Gasteiger partial charge in [-0.2, -0.15) is 0 Å². The van der Waals surface area contributed by atoms with Crippen LogP contribution in [-0.4, -0.2) is 35.5 Å². The summed E-state index contributed by atoms with van der Waals surface area (Å²) in [6, 6.07) is 11.2. The second-order valence-corrected chi connectivity index (χ2v) is 8.67. The smallest absolute Gasteiger partial charge is 0.250 e. The van der Waals surface area contributed by atoms with Crippen molar-refractivity contribution in [3.05, 3.63) is 64.8 Å². The molecule has 8 heteroatoms. The minimum atomic E-state index is -0.505. The summed E-state index contributed by atoms with van der Waals surface area (Å²) in [6.45, 7) is 4.01. The number of nitrogens with one attached hydrogen (secondary N) is 1. The van der Waals surface area contributed by atoms with Crippen LogP contribution < -0.4 is 20.7 Å². The molecule has 0 radical (unpaired) electrons. The number of hydrogen-bond donors (Lipinski definition) is 2. The number of primary amides is 1. The molecule has 0 atom stereocenters. The zero-order valence-electron chi connectivity index (χ0n) is 17.4. The normalized spacial score (nSPS) is 13.9. The van der Waals surface area contributed by atoms with Gasteiger partial charge in [-0.25, -0.2) is 9.97 Å². The van der Waals surface area contributed by atoms with Crippen LogP contribution >= 0.6 is 11.3 Å². The fourth-order valence-corrected chi connectivity index (χ4v) is 4.42. The van der Waals surface area contributed by atoms with Crippen LogP contribution in [0.5, 0.6) is 11.6 Å². The van der Waals surface area contributed by atoms with E-state index in [0.29, 0.717) is 17.2 Å². The first-order chi connectivity index (χ1) is 15.2. The second kappa shape index (κ2) is 10.4. The Kier molecular flexibility index (Phi) is 7.11. The Bertz CT molecular complexity index is 982. The molecule has 3 aromatic rings. The molecule has 1 aromatic carbocycles. The minimum Gasteiger partial charge on any atom is -0.439 e. The summed E-state index contributed by atoms with van der Waals surface area (Å²) in [5.41, 5.74) is 6.81. The molecule has 1 fully saturated rings. The van der Waals surface area contributed by atoms with Gasteiger partial charge in [0, 0.05) is 43.0 Å². The number of piperidine rings is 1. The number of carbonyl (C=O) groups excluding carboxylic acids is 1. The quantitative estimate of drug-likeness (QED) is 0.495. The molecule has 162 valence electrons. The maximum absolute atomic E-state index is 11.1. The zero-order chi connectivity index (χ0) is 21.5. The average Bonchev–Trinajstić information content (AvgIpc) is 3.28. The van der Waals surface area contributed by atoms with Crippen LogP contribution in [0.4, 0.5) is 5.13 Å². The SMILES string of the molecule is NC(=O)c1ccc(Oc2ccc(CCNCc3cnc(N4CCCCC4)s3)cc2)nc1. The molecule has 1 aliphatic rings. The van der Waals surface area contributed by atoms with E-state index >= 15 is 0 Å². The summed E-state index contributed by atoms with van der Waals surface area (Å²) >= 11 is 1.80. The third-order valence-electron chi connectivity index (χ3n) is 5.22. The third-order valence-corrected chi connectivity index (χ3v) is 6.28. The molecule has 0 unspecified atom stereocenters. The number of rotatable bonds is 9. The molecule has 3 N–H and O–H groups in total. The van der Waals surface area contributed by atoms with Gasteiger partial charge in [-0.05, 0) is 56.0 Å². The van der Waals surface area contributed by atoms with Crippen molar-refractivity contribution >= 4 is 22.4 Å².